The average molecular weight is 403 g/mol. The third-order valence-corrected chi connectivity index (χ3v) is 5.70. The van der Waals surface area contributed by atoms with Crippen LogP contribution < -0.4 is 4.90 Å². The maximum absolute atomic E-state index is 13.1. The minimum Gasteiger partial charge on any atom is -0.274 e. The topological polar surface area (TPSA) is 75.8 Å². The summed E-state index contributed by atoms with van der Waals surface area (Å²) < 4.78 is 0. The van der Waals surface area contributed by atoms with E-state index in [4.69, 9.17) is 4.99 Å². The summed E-state index contributed by atoms with van der Waals surface area (Å²) in [7, 11) is 0. The molecule has 1 heterocycles. The highest BCUT2D eigenvalue weighted by molar-refractivity contribution is 8.14. The molecule has 4 rings (SSSR count). The van der Waals surface area contributed by atoms with Crippen LogP contribution in [0.4, 0.5) is 17.1 Å². The van der Waals surface area contributed by atoms with Crippen molar-refractivity contribution in [1.29, 1.82) is 0 Å². The van der Waals surface area contributed by atoms with Crippen LogP contribution in [0, 0.1) is 10.1 Å². The van der Waals surface area contributed by atoms with Crippen LogP contribution in [0.3, 0.4) is 0 Å². The number of nitro benzene ring substituents is 1. The Morgan fingerprint density at radius 1 is 0.966 bits per heavy atom. The van der Waals surface area contributed by atoms with Crippen molar-refractivity contribution in [1.82, 2.24) is 0 Å². The largest absolute Gasteiger partial charge is 0.274 e. The Labute approximate surface area is 172 Å². The lowest BCUT2D eigenvalue weighted by molar-refractivity contribution is -0.384. The molecule has 0 aromatic heterocycles. The second-order valence-corrected chi connectivity index (χ2v) is 7.63. The number of para-hydroxylation sites is 2. The van der Waals surface area contributed by atoms with Crippen molar-refractivity contribution >= 4 is 39.9 Å². The summed E-state index contributed by atoms with van der Waals surface area (Å²) in [4.78, 5) is 30.1. The molecule has 0 radical (unpaired) electrons. The molecule has 0 N–H and O–H groups in total. The fraction of sp³-hybridized carbons (Fsp3) is 0.0909. The molecule has 1 fully saturated rings. The van der Waals surface area contributed by atoms with Crippen molar-refractivity contribution in [3.8, 4) is 0 Å². The maximum atomic E-state index is 13.1. The fourth-order valence-corrected chi connectivity index (χ4v) is 4.36. The molecule has 1 saturated heterocycles. The lowest BCUT2D eigenvalue weighted by Gasteiger charge is -2.32. The normalized spacial score (nSPS) is 18.1. The highest BCUT2D eigenvalue weighted by atomic mass is 32.2. The number of thioether (sulfide) groups is 1. The van der Waals surface area contributed by atoms with Gasteiger partial charge in [0.15, 0.2) is 5.17 Å². The van der Waals surface area contributed by atoms with E-state index in [1.807, 2.05) is 66.7 Å². The van der Waals surface area contributed by atoms with Gasteiger partial charge in [-0.1, -0.05) is 60.3 Å². The molecule has 1 amide bonds. The van der Waals surface area contributed by atoms with Crippen molar-refractivity contribution in [2.45, 2.75) is 11.7 Å². The van der Waals surface area contributed by atoms with Crippen LogP contribution in [0.1, 0.15) is 17.2 Å². The number of rotatable bonds is 4. The smallest absolute Gasteiger partial charge is 0.269 e. The summed E-state index contributed by atoms with van der Waals surface area (Å²) in [6.45, 7) is 0. The molecule has 144 valence electrons. The number of hydrogen-bond acceptors (Lipinski definition) is 5. The number of amides is 1. The van der Waals surface area contributed by atoms with Crippen molar-refractivity contribution in [3.05, 3.63) is 101 Å². The molecular formula is C22H17N3O3S. The summed E-state index contributed by atoms with van der Waals surface area (Å²) in [5.41, 5.74) is 2.24. The predicted molar refractivity (Wildman–Crippen MR) is 116 cm³/mol. The van der Waals surface area contributed by atoms with Crippen LogP contribution in [0.2, 0.25) is 0 Å². The van der Waals surface area contributed by atoms with Gasteiger partial charge in [-0.2, -0.15) is 0 Å². The van der Waals surface area contributed by atoms with Crippen LogP contribution in [-0.2, 0) is 4.79 Å². The second kappa shape index (κ2) is 8.28. The Kier molecular flexibility index (Phi) is 5.39. The maximum Gasteiger partial charge on any atom is 0.269 e. The molecule has 0 saturated carbocycles. The third-order valence-electron chi connectivity index (χ3n) is 4.50. The minimum atomic E-state index is -0.423. The summed E-state index contributed by atoms with van der Waals surface area (Å²) in [5, 5.41) is 11.4. The van der Waals surface area contributed by atoms with Gasteiger partial charge in [0, 0.05) is 23.8 Å². The summed E-state index contributed by atoms with van der Waals surface area (Å²) in [5.74, 6) is -0.0962. The van der Waals surface area contributed by atoms with E-state index in [0.29, 0.717) is 5.17 Å². The molecule has 1 aliphatic rings. The molecule has 0 bridgehead atoms. The van der Waals surface area contributed by atoms with Gasteiger partial charge >= 0.3 is 0 Å². The van der Waals surface area contributed by atoms with Gasteiger partial charge in [0.25, 0.3) is 5.69 Å². The summed E-state index contributed by atoms with van der Waals surface area (Å²) in [6, 6.07) is 25.3. The van der Waals surface area contributed by atoms with E-state index in [0.717, 1.165) is 16.9 Å². The number of hydrogen-bond donors (Lipinski definition) is 0. The third kappa shape index (κ3) is 4.20. The SMILES string of the molecule is O=C1C[C@H](c2cccc([N+](=O)[O-])c2)SC(=Nc2ccccc2)N1c1ccccc1. The van der Waals surface area contributed by atoms with E-state index in [9.17, 15) is 14.9 Å². The number of amidine groups is 1. The van der Waals surface area contributed by atoms with Crippen molar-refractivity contribution < 1.29 is 9.72 Å². The molecule has 7 heteroatoms. The predicted octanol–water partition coefficient (Wildman–Crippen LogP) is 5.49. The zero-order valence-corrected chi connectivity index (χ0v) is 16.2. The molecule has 0 aliphatic carbocycles. The first kappa shape index (κ1) is 18.9. The van der Waals surface area contributed by atoms with E-state index >= 15 is 0 Å². The minimum absolute atomic E-state index is 0.0163. The van der Waals surface area contributed by atoms with E-state index < -0.39 is 4.92 Å². The first-order valence-corrected chi connectivity index (χ1v) is 9.92. The van der Waals surface area contributed by atoms with Gasteiger partial charge in [-0.3, -0.25) is 19.8 Å². The van der Waals surface area contributed by atoms with Crippen LogP contribution in [0.25, 0.3) is 0 Å². The van der Waals surface area contributed by atoms with Gasteiger partial charge in [0.1, 0.15) is 0 Å². The van der Waals surface area contributed by atoms with Gasteiger partial charge in [-0.05, 0) is 29.8 Å². The molecular weight excluding hydrogens is 386 g/mol. The molecule has 1 aliphatic heterocycles. The lowest BCUT2D eigenvalue weighted by Crippen LogP contribution is -2.40. The Bertz CT molecular complexity index is 1070. The quantitative estimate of drug-likeness (QED) is 0.426. The molecule has 1 atom stereocenters. The zero-order chi connectivity index (χ0) is 20.2. The summed E-state index contributed by atoms with van der Waals surface area (Å²) >= 11 is 1.44. The monoisotopic (exact) mass is 403 g/mol. The fourth-order valence-electron chi connectivity index (χ4n) is 3.12. The molecule has 0 unspecified atom stereocenters. The zero-order valence-electron chi connectivity index (χ0n) is 15.3. The number of non-ortho nitro benzene ring substituents is 1. The Balaban J connectivity index is 1.74. The molecule has 3 aromatic rings. The van der Waals surface area contributed by atoms with Crippen molar-refractivity contribution in [2.24, 2.45) is 4.99 Å². The Morgan fingerprint density at radius 3 is 2.34 bits per heavy atom. The van der Waals surface area contributed by atoms with E-state index in [1.165, 1.54) is 23.9 Å². The van der Waals surface area contributed by atoms with Gasteiger partial charge in [0.05, 0.1) is 16.3 Å². The van der Waals surface area contributed by atoms with Crippen LogP contribution in [0.5, 0.6) is 0 Å². The van der Waals surface area contributed by atoms with E-state index in [2.05, 4.69) is 0 Å². The van der Waals surface area contributed by atoms with Crippen LogP contribution in [0.15, 0.2) is 89.9 Å². The van der Waals surface area contributed by atoms with E-state index in [1.54, 1.807) is 11.0 Å². The van der Waals surface area contributed by atoms with Gasteiger partial charge < -0.3 is 0 Å². The Morgan fingerprint density at radius 2 is 1.66 bits per heavy atom. The average Bonchev–Trinajstić information content (AvgIpc) is 2.75. The highest BCUT2D eigenvalue weighted by Gasteiger charge is 2.34. The summed E-state index contributed by atoms with van der Waals surface area (Å²) in [6.07, 6.45) is 0.231. The molecule has 6 nitrogen and oxygen atoms in total. The number of carbonyl (C=O) groups excluding carboxylic acids is 1. The van der Waals surface area contributed by atoms with Crippen LogP contribution >= 0.6 is 11.8 Å². The first-order chi connectivity index (χ1) is 14.1. The number of anilines is 1. The molecule has 3 aromatic carbocycles. The Hall–Kier alpha value is -3.45. The van der Waals surface area contributed by atoms with E-state index in [-0.39, 0.29) is 23.3 Å². The lowest BCUT2D eigenvalue weighted by atomic mass is 10.1. The number of aliphatic imine (C=N–C) groups is 1. The van der Waals surface area contributed by atoms with Crippen molar-refractivity contribution in [2.75, 3.05) is 4.90 Å². The standard InChI is InChI=1S/C22H17N3O3S/c26-21-15-20(16-8-7-13-19(14-16)25(27)28)29-22(23-17-9-3-1-4-10-17)24(21)18-11-5-2-6-12-18/h1-14,20H,15H2/t20-/m1/s1. The number of benzene rings is 3. The van der Waals surface area contributed by atoms with Gasteiger partial charge in [0.2, 0.25) is 5.91 Å². The number of carbonyl (C=O) groups is 1. The first-order valence-electron chi connectivity index (χ1n) is 9.04. The number of nitro groups is 1. The van der Waals surface area contributed by atoms with Gasteiger partial charge in [-0.15, -0.1) is 0 Å². The second-order valence-electron chi connectivity index (χ2n) is 6.46. The molecule has 29 heavy (non-hydrogen) atoms. The van der Waals surface area contributed by atoms with Crippen molar-refractivity contribution in [3.63, 3.8) is 0 Å². The molecule has 0 spiro atoms. The number of nitrogens with zero attached hydrogens (tertiary/aromatic N) is 3. The van der Waals surface area contributed by atoms with Crippen LogP contribution in [-0.4, -0.2) is 16.0 Å². The highest BCUT2D eigenvalue weighted by Crippen LogP contribution is 2.42. The van der Waals surface area contributed by atoms with Gasteiger partial charge in [-0.25, -0.2) is 4.99 Å².